The summed E-state index contributed by atoms with van der Waals surface area (Å²) in [6, 6.07) is 13.1. The molecule has 1 N–H and O–H groups in total. The van der Waals surface area contributed by atoms with Crippen LogP contribution in [-0.4, -0.2) is 95.5 Å². The molecule has 3 aliphatic carbocycles. The van der Waals surface area contributed by atoms with Gasteiger partial charge in [-0.3, -0.25) is 14.6 Å². The minimum absolute atomic E-state index is 0.127. The quantitative estimate of drug-likeness (QED) is 0.416. The van der Waals surface area contributed by atoms with Crippen molar-refractivity contribution in [3.8, 4) is 5.69 Å². The number of hydrogen-bond acceptors (Lipinski definition) is 8. The number of aromatic nitrogens is 3. The molecule has 0 spiro atoms. The number of piperidine rings is 1. The van der Waals surface area contributed by atoms with Gasteiger partial charge < -0.3 is 4.90 Å². The number of amides is 1. The first-order chi connectivity index (χ1) is 20.9. The number of pyridine rings is 1. The Morgan fingerprint density at radius 2 is 1.47 bits per heavy atom. The Kier molecular flexibility index (Phi) is 6.95. The van der Waals surface area contributed by atoms with Crippen LogP contribution in [0, 0.1) is 0 Å². The van der Waals surface area contributed by atoms with Crippen molar-refractivity contribution in [2.75, 3.05) is 44.2 Å². The zero-order chi connectivity index (χ0) is 29.1. The van der Waals surface area contributed by atoms with E-state index in [1.165, 1.54) is 32.4 Å². The summed E-state index contributed by atoms with van der Waals surface area (Å²) in [5.74, 6) is -0.298. The zero-order valence-corrected chi connectivity index (χ0v) is 25.5. The van der Waals surface area contributed by atoms with E-state index in [4.69, 9.17) is 10.1 Å². The van der Waals surface area contributed by atoms with Crippen LogP contribution in [0.25, 0.3) is 16.7 Å². The molecule has 0 radical (unpaired) electrons. The maximum atomic E-state index is 13.5. The molecular weight excluding hydrogens is 562 g/mol. The lowest BCUT2D eigenvalue weighted by Crippen LogP contribution is -2.53. The molecule has 1 amide bonds. The Hall–Kier alpha value is -3.02. The molecule has 3 aromatic rings. The fourth-order valence-corrected chi connectivity index (χ4v) is 8.51. The van der Waals surface area contributed by atoms with E-state index in [0.717, 1.165) is 80.4 Å². The molecule has 1 aromatic carbocycles. The second kappa shape index (κ2) is 10.9. The molecule has 10 nitrogen and oxygen atoms in total. The molecule has 43 heavy (non-hydrogen) atoms. The van der Waals surface area contributed by atoms with Crippen molar-refractivity contribution in [1.82, 2.24) is 29.3 Å². The fourth-order valence-electron chi connectivity index (χ4n) is 7.23. The van der Waals surface area contributed by atoms with E-state index in [1.807, 2.05) is 41.1 Å². The van der Waals surface area contributed by atoms with Gasteiger partial charge in [0.1, 0.15) is 5.69 Å². The molecule has 2 saturated heterocycles. The highest BCUT2D eigenvalue weighted by Gasteiger charge is 2.38. The van der Waals surface area contributed by atoms with Crippen molar-refractivity contribution in [3.63, 3.8) is 0 Å². The predicted molar refractivity (Wildman–Crippen MR) is 166 cm³/mol. The van der Waals surface area contributed by atoms with Gasteiger partial charge in [0.15, 0.2) is 5.65 Å². The molecule has 5 aliphatic rings. The summed E-state index contributed by atoms with van der Waals surface area (Å²) in [4.78, 5) is 26.0. The van der Waals surface area contributed by atoms with Gasteiger partial charge in [-0.1, -0.05) is 24.6 Å². The summed E-state index contributed by atoms with van der Waals surface area (Å²) in [6.45, 7) is 6.43. The predicted octanol–water partition coefficient (Wildman–Crippen LogP) is 3.66. The number of nitrogens with zero attached hydrogens (tertiary/aromatic N) is 6. The zero-order valence-electron chi connectivity index (χ0n) is 24.7. The first-order valence-corrected chi connectivity index (χ1v) is 17.8. The lowest BCUT2D eigenvalue weighted by Gasteiger charge is -2.43. The highest BCUT2D eigenvalue weighted by molar-refractivity contribution is 7.91. The van der Waals surface area contributed by atoms with E-state index in [-0.39, 0.29) is 5.69 Å². The number of rotatable bonds is 8. The van der Waals surface area contributed by atoms with Gasteiger partial charge >= 0.3 is 0 Å². The van der Waals surface area contributed by atoms with E-state index in [0.29, 0.717) is 30.4 Å². The van der Waals surface area contributed by atoms with Crippen LogP contribution in [0.2, 0.25) is 0 Å². The van der Waals surface area contributed by atoms with Crippen LogP contribution in [0.4, 0.5) is 5.69 Å². The summed E-state index contributed by atoms with van der Waals surface area (Å²) in [5.41, 5.74) is 3.63. The lowest BCUT2D eigenvalue weighted by molar-refractivity contribution is 0.0809. The van der Waals surface area contributed by atoms with E-state index in [2.05, 4.69) is 19.4 Å². The van der Waals surface area contributed by atoms with Gasteiger partial charge in [-0.25, -0.2) is 22.8 Å². The highest BCUT2D eigenvalue weighted by atomic mass is 32.2. The Balaban J connectivity index is 1.14. The molecule has 4 heterocycles. The molecule has 228 valence electrons. The van der Waals surface area contributed by atoms with Crippen molar-refractivity contribution in [3.05, 3.63) is 47.8 Å². The molecule has 2 aromatic heterocycles. The van der Waals surface area contributed by atoms with E-state index < -0.39 is 21.2 Å². The highest BCUT2D eigenvalue weighted by Crippen LogP contribution is 2.43. The van der Waals surface area contributed by atoms with Gasteiger partial charge in [-0.15, -0.1) is 0 Å². The van der Waals surface area contributed by atoms with Crippen molar-refractivity contribution < 1.29 is 13.2 Å². The molecular formula is C32H41N7O3S. The summed E-state index contributed by atoms with van der Waals surface area (Å²) in [6.07, 6.45) is 9.43. The van der Waals surface area contributed by atoms with Crippen molar-refractivity contribution in [2.45, 2.75) is 81.0 Å². The monoisotopic (exact) mass is 603 g/mol. The van der Waals surface area contributed by atoms with E-state index >= 15 is 0 Å². The fraction of sp³-hybridized carbons (Fsp3) is 0.594. The van der Waals surface area contributed by atoms with Crippen LogP contribution in [0.15, 0.2) is 36.4 Å². The average molecular weight is 604 g/mol. The third kappa shape index (κ3) is 5.33. The number of nitrogens with one attached hydrogen (secondary N) is 1. The SMILES string of the molecule is O=C(NS(=O)(=O)C1CC1)c1cc(N2CCC(N3CCN(C4CC4)CC3)CC2)c2c(C3CCC3)nn(-c3ccccc3)c2n1. The van der Waals surface area contributed by atoms with Crippen LogP contribution in [0.1, 0.15) is 79.9 Å². The van der Waals surface area contributed by atoms with Gasteiger partial charge in [0.2, 0.25) is 10.0 Å². The average Bonchev–Trinajstić information content (AvgIpc) is 3.93. The number of para-hydroxylation sites is 1. The van der Waals surface area contributed by atoms with Crippen molar-refractivity contribution in [1.29, 1.82) is 0 Å². The molecule has 2 aliphatic heterocycles. The maximum absolute atomic E-state index is 13.5. The van der Waals surface area contributed by atoms with Crippen LogP contribution in [-0.2, 0) is 10.0 Å². The largest absolute Gasteiger partial charge is 0.371 e. The Bertz CT molecular complexity index is 1610. The van der Waals surface area contributed by atoms with Crippen LogP contribution in [0.3, 0.4) is 0 Å². The van der Waals surface area contributed by atoms with Crippen LogP contribution in [0.5, 0.6) is 0 Å². The Morgan fingerprint density at radius 3 is 2.05 bits per heavy atom. The topological polar surface area (TPSA) is 104 Å². The summed E-state index contributed by atoms with van der Waals surface area (Å²) in [7, 11) is -3.70. The number of sulfonamides is 1. The number of fused-ring (bicyclic) bond motifs is 1. The molecule has 0 unspecified atom stereocenters. The van der Waals surface area contributed by atoms with E-state index in [1.54, 1.807) is 0 Å². The van der Waals surface area contributed by atoms with Gasteiger partial charge in [0, 0.05) is 57.3 Å². The third-order valence-electron chi connectivity index (χ3n) is 10.3. The van der Waals surface area contributed by atoms with Gasteiger partial charge in [-0.2, -0.15) is 5.10 Å². The number of benzene rings is 1. The standard InChI is InChI=1S/C32H41N7O3S/c40-32(35-43(41,42)26-11-12-26)27-21-28(38-15-13-24(14-16-38)37-19-17-36(18-20-37)23-9-10-23)29-30(22-5-4-6-22)34-39(31(29)33-27)25-7-2-1-3-8-25/h1-3,7-8,21-24,26H,4-6,9-20H2,(H,35,40). The lowest BCUT2D eigenvalue weighted by atomic mass is 9.82. The number of carbonyl (C=O) groups is 1. The summed E-state index contributed by atoms with van der Waals surface area (Å²) >= 11 is 0. The molecule has 0 bridgehead atoms. The minimum atomic E-state index is -3.70. The third-order valence-corrected chi connectivity index (χ3v) is 12.1. The number of piperazine rings is 1. The Morgan fingerprint density at radius 1 is 0.814 bits per heavy atom. The normalized spacial score (nSPS) is 23.0. The van der Waals surface area contributed by atoms with Crippen LogP contribution < -0.4 is 9.62 Å². The molecule has 11 heteroatoms. The molecule has 0 atom stereocenters. The van der Waals surface area contributed by atoms with Gasteiger partial charge in [0.25, 0.3) is 5.91 Å². The molecule has 8 rings (SSSR count). The molecule has 3 saturated carbocycles. The molecule has 5 fully saturated rings. The first-order valence-electron chi connectivity index (χ1n) is 16.2. The summed E-state index contributed by atoms with van der Waals surface area (Å²) < 4.78 is 29.6. The van der Waals surface area contributed by atoms with E-state index in [9.17, 15) is 13.2 Å². The smallest absolute Gasteiger partial charge is 0.283 e. The first kappa shape index (κ1) is 27.5. The second-order valence-electron chi connectivity index (χ2n) is 13.2. The summed E-state index contributed by atoms with van der Waals surface area (Å²) in [5, 5.41) is 5.65. The minimum Gasteiger partial charge on any atom is -0.371 e. The van der Waals surface area contributed by atoms with Crippen molar-refractivity contribution >= 4 is 32.7 Å². The number of anilines is 1. The van der Waals surface area contributed by atoms with Gasteiger partial charge in [-0.05, 0) is 69.6 Å². The second-order valence-corrected chi connectivity index (χ2v) is 15.1. The van der Waals surface area contributed by atoms with Crippen molar-refractivity contribution in [2.24, 2.45) is 0 Å². The number of carbonyl (C=O) groups excluding carboxylic acids is 1. The van der Waals surface area contributed by atoms with Gasteiger partial charge in [0.05, 0.1) is 27.7 Å². The maximum Gasteiger partial charge on any atom is 0.283 e. The Labute approximate surface area is 253 Å². The van der Waals surface area contributed by atoms with Crippen LogP contribution >= 0.6 is 0 Å². The number of hydrogen-bond donors (Lipinski definition) is 1.